The van der Waals surface area contributed by atoms with Crippen LogP contribution >= 0.6 is 0 Å². The number of nitrogens with zero attached hydrogens (tertiary/aromatic N) is 3. The summed E-state index contributed by atoms with van der Waals surface area (Å²) < 4.78 is 7.94. The van der Waals surface area contributed by atoms with E-state index in [1.165, 1.54) is 0 Å². The number of hydrogen-bond donors (Lipinski definition) is 2. The topological polar surface area (TPSA) is 53.8 Å². The smallest absolute Gasteiger partial charge is 0.191 e. The standard InChI is InChI=1S/C20H31N5O/c1-4-21-20(22-10-13-25-11-5-6-12-25)23-17-18-8-7-9-19(16-18)26-15-14-24(2)3/h5-9,11-12,16H,4,10,13-15,17H2,1-3H3,(H2,21,22,23). The number of hydrogen-bond acceptors (Lipinski definition) is 3. The van der Waals surface area contributed by atoms with Crippen LogP contribution in [0.15, 0.2) is 53.8 Å². The summed E-state index contributed by atoms with van der Waals surface area (Å²) >= 11 is 0. The van der Waals surface area contributed by atoms with Gasteiger partial charge in [0.15, 0.2) is 5.96 Å². The maximum absolute atomic E-state index is 5.79. The molecule has 0 unspecified atom stereocenters. The Morgan fingerprint density at radius 3 is 2.69 bits per heavy atom. The van der Waals surface area contributed by atoms with Crippen molar-refractivity contribution < 1.29 is 4.74 Å². The number of ether oxygens (including phenoxy) is 1. The fourth-order valence-corrected chi connectivity index (χ4v) is 2.41. The van der Waals surface area contributed by atoms with E-state index < -0.39 is 0 Å². The third-order valence-electron chi connectivity index (χ3n) is 3.80. The molecule has 2 N–H and O–H groups in total. The van der Waals surface area contributed by atoms with E-state index in [4.69, 9.17) is 4.74 Å². The van der Waals surface area contributed by atoms with Crippen molar-refractivity contribution in [1.29, 1.82) is 0 Å². The molecule has 0 atom stereocenters. The molecule has 0 aliphatic rings. The fourth-order valence-electron chi connectivity index (χ4n) is 2.41. The summed E-state index contributed by atoms with van der Waals surface area (Å²) in [4.78, 5) is 6.78. The predicted molar refractivity (Wildman–Crippen MR) is 108 cm³/mol. The van der Waals surface area contributed by atoms with Crippen molar-refractivity contribution >= 4 is 5.96 Å². The highest BCUT2D eigenvalue weighted by atomic mass is 16.5. The van der Waals surface area contributed by atoms with E-state index in [2.05, 4.69) is 56.5 Å². The fraction of sp³-hybridized carbons (Fsp3) is 0.450. The van der Waals surface area contributed by atoms with Crippen molar-refractivity contribution in [3.8, 4) is 5.75 Å². The first-order valence-corrected chi connectivity index (χ1v) is 9.17. The van der Waals surface area contributed by atoms with Crippen LogP contribution in [0.1, 0.15) is 12.5 Å². The van der Waals surface area contributed by atoms with Gasteiger partial charge < -0.3 is 24.8 Å². The first-order chi connectivity index (χ1) is 12.7. The van der Waals surface area contributed by atoms with Gasteiger partial charge in [0.2, 0.25) is 0 Å². The highest BCUT2D eigenvalue weighted by molar-refractivity contribution is 5.79. The third kappa shape index (κ3) is 7.61. The average molecular weight is 358 g/mol. The summed E-state index contributed by atoms with van der Waals surface area (Å²) in [6.45, 7) is 6.84. The van der Waals surface area contributed by atoms with E-state index in [0.717, 1.165) is 43.5 Å². The lowest BCUT2D eigenvalue weighted by Gasteiger charge is -2.13. The second-order valence-electron chi connectivity index (χ2n) is 6.34. The van der Waals surface area contributed by atoms with Gasteiger partial charge in [-0.1, -0.05) is 12.1 Å². The van der Waals surface area contributed by atoms with E-state index >= 15 is 0 Å². The SMILES string of the molecule is CCNC(=NCc1cccc(OCCN(C)C)c1)NCCn1cccc1. The third-order valence-corrected chi connectivity index (χ3v) is 3.80. The van der Waals surface area contributed by atoms with Crippen molar-refractivity contribution in [1.82, 2.24) is 20.1 Å². The molecule has 0 spiro atoms. The Hall–Kier alpha value is -2.47. The molecule has 0 saturated carbocycles. The molecular weight excluding hydrogens is 326 g/mol. The molecule has 6 heteroatoms. The van der Waals surface area contributed by atoms with E-state index in [1.807, 2.05) is 38.4 Å². The van der Waals surface area contributed by atoms with Gasteiger partial charge in [0, 0.05) is 38.6 Å². The second kappa shape index (κ2) is 11.2. The van der Waals surface area contributed by atoms with Crippen LogP contribution in [0.4, 0.5) is 0 Å². The molecule has 6 nitrogen and oxygen atoms in total. The van der Waals surface area contributed by atoms with Gasteiger partial charge in [-0.2, -0.15) is 0 Å². The first-order valence-electron chi connectivity index (χ1n) is 9.17. The molecule has 2 rings (SSSR count). The van der Waals surface area contributed by atoms with Crippen LogP contribution in [0.3, 0.4) is 0 Å². The van der Waals surface area contributed by atoms with Gasteiger partial charge in [0.1, 0.15) is 12.4 Å². The molecule has 26 heavy (non-hydrogen) atoms. The molecule has 0 fully saturated rings. The molecule has 0 saturated heterocycles. The van der Waals surface area contributed by atoms with Crippen LogP contribution < -0.4 is 15.4 Å². The van der Waals surface area contributed by atoms with Crippen LogP contribution in [-0.4, -0.2) is 55.8 Å². The quantitative estimate of drug-likeness (QED) is 0.506. The highest BCUT2D eigenvalue weighted by Gasteiger charge is 2.00. The van der Waals surface area contributed by atoms with Gasteiger partial charge >= 0.3 is 0 Å². The number of aliphatic imine (C=N–C) groups is 1. The molecule has 0 radical (unpaired) electrons. The maximum atomic E-state index is 5.79. The molecule has 1 aromatic carbocycles. The van der Waals surface area contributed by atoms with Gasteiger partial charge in [-0.05, 0) is 50.8 Å². The van der Waals surface area contributed by atoms with Crippen molar-refractivity contribution in [3.05, 3.63) is 54.4 Å². The summed E-state index contributed by atoms with van der Waals surface area (Å²) in [6.07, 6.45) is 4.13. The Labute approximate surface area is 156 Å². The number of rotatable bonds is 10. The number of likely N-dealkylation sites (N-methyl/N-ethyl adjacent to an activating group) is 1. The van der Waals surface area contributed by atoms with Crippen molar-refractivity contribution in [2.75, 3.05) is 40.3 Å². The Kier molecular flexibility index (Phi) is 8.55. The monoisotopic (exact) mass is 357 g/mol. The Balaban J connectivity index is 1.85. The molecule has 142 valence electrons. The molecule has 0 aliphatic carbocycles. The zero-order valence-electron chi connectivity index (χ0n) is 16.1. The molecular formula is C20H31N5O. The molecule has 0 aliphatic heterocycles. The van der Waals surface area contributed by atoms with Gasteiger partial charge in [-0.15, -0.1) is 0 Å². The van der Waals surface area contributed by atoms with Gasteiger partial charge in [0.25, 0.3) is 0 Å². The lowest BCUT2D eigenvalue weighted by atomic mass is 10.2. The number of guanidine groups is 1. The van der Waals surface area contributed by atoms with Crippen molar-refractivity contribution in [2.24, 2.45) is 4.99 Å². The molecule has 1 aromatic heterocycles. The van der Waals surface area contributed by atoms with E-state index in [1.54, 1.807) is 0 Å². The van der Waals surface area contributed by atoms with Crippen LogP contribution in [0.5, 0.6) is 5.75 Å². The largest absolute Gasteiger partial charge is 0.492 e. The van der Waals surface area contributed by atoms with Crippen LogP contribution in [0.25, 0.3) is 0 Å². The normalized spacial score (nSPS) is 11.6. The van der Waals surface area contributed by atoms with Crippen LogP contribution in [0.2, 0.25) is 0 Å². The van der Waals surface area contributed by atoms with Gasteiger partial charge in [0.05, 0.1) is 6.54 Å². The lowest BCUT2D eigenvalue weighted by Crippen LogP contribution is -2.38. The summed E-state index contributed by atoms with van der Waals surface area (Å²) in [5, 5.41) is 6.66. The number of aromatic nitrogens is 1. The van der Waals surface area contributed by atoms with E-state index in [-0.39, 0.29) is 0 Å². The summed E-state index contributed by atoms with van der Waals surface area (Å²) in [5.41, 5.74) is 1.13. The molecule has 0 bridgehead atoms. The maximum Gasteiger partial charge on any atom is 0.191 e. The Morgan fingerprint density at radius 2 is 1.96 bits per heavy atom. The van der Waals surface area contributed by atoms with Gasteiger partial charge in [-0.25, -0.2) is 4.99 Å². The Morgan fingerprint density at radius 1 is 1.15 bits per heavy atom. The molecule has 1 heterocycles. The van der Waals surface area contributed by atoms with Crippen LogP contribution in [-0.2, 0) is 13.1 Å². The zero-order valence-corrected chi connectivity index (χ0v) is 16.1. The number of nitrogens with one attached hydrogen (secondary N) is 2. The van der Waals surface area contributed by atoms with E-state index in [9.17, 15) is 0 Å². The lowest BCUT2D eigenvalue weighted by molar-refractivity contribution is 0.261. The summed E-state index contributed by atoms with van der Waals surface area (Å²) in [6, 6.07) is 12.2. The Bertz CT molecular complexity index is 652. The van der Waals surface area contributed by atoms with E-state index in [0.29, 0.717) is 13.2 Å². The number of benzene rings is 1. The minimum atomic E-state index is 0.615. The zero-order chi connectivity index (χ0) is 18.6. The minimum absolute atomic E-state index is 0.615. The van der Waals surface area contributed by atoms with Gasteiger partial charge in [-0.3, -0.25) is 0 Å². The molecule has 0 amide bonds. The van der Waals surface area contributed by atoms with Crippen molar-refractivity contribution in [3.63, 3.8) is 0 Å². The first kappa shape index (κ1) is 19.8. The molecule has 2 aromatic rings. The summed E-state index contributed by atoms with van der Waals surface area (Å²) in [5.74, 6) is 1.73. The minimum Gasteiger partial charge on any atom is -0.492 e. The average Bonchev–Trinajstić information content (AvgIpc) is 3.13. The second-order valence-corrected chi connectivity index (χ2v) is 6.34. The van der Waals surface area contributed by atoms with Crippen molar-refractivity contribution in [2.45, 2.75) is 20.0 Å². The van der Waals surface area contributed by atoms with Crippen LogP contribution in [0, 0.1) is 0 Å². The summed E-state index contributed by atoms with van der Waals surface area (Å²) in [7, 11) is 4.08. The highest BCUT2D eigenvalue weighted by Crippen LogP contribution is 2.14. The predicted octanol–water partition coefficient (Wildman–Crippen LogP) is 2.18.